The molecule has 2 heterocycles. The van der Waals surface area contributed by atoms with Gasteiger partial charge in [0, 0.05) is 18.2 Å². The Kier molecular flexibility index (Phi) is 4.62. The van der Waals surface area contributed by atoms with Crippen LogP contribution in [0.3, 0.4) is 0 Å². The van der Waals surface area contributed by atoms with E-state index in [4.69, 9.17) is 4.74 Å². The van der Waals surface area contributed by atoms with Crippen molar-refractivity contribution in [3.05, 3.63) is 54.7 Å². The molecule has 1 aliphatic rings. The maximum atomic E-state index is 13.7. The van der Waals surface area contributed by atoms with Crippen LogP contribution < -0.4 is 5.32 Å². The Balaban J connectivity index is 1.22. The van der Waals surface area contributed by atoms with E-state index in [1.807, 2.05) is 0 Å². The van der Waals surface area contributed by atoms with Gasteiger partial charge in [-0.1, -0.05) is 24.8 Å². The number of aromatic nitrogens is 4. The number of anilines is 1. The number of hydrogen-bond donors (Lipinski definition) is 2. The van der Waals surface area contributed by atoms with Gasteiger partial charge in [-0.05, 0) is 30.4 Å². The maximum absolute atomic E-state index is 13.7. The van der Waals surface area contributed by atoms with E-state index in [1.165, 1.54) is 12.4 Å². The molecule has 4 rings (SSSR count). The highest BCUT2D eigenvalue weighted by Gasteiger charge is 2.30. The summed E-state index contributed by atoms with van der Waals surface area (Å²) >= 11 is 0. The first-order valence-electron chi connectivity index (χ1n) is 8.61. The molecule has 0 atom stereocenters. The highest BCUT2D eigenvalue weighted by Crippen LogP contribution is 2.31. The van der Waals surface area contributed by atoms with Crippen LogP contribution in [0.2, 0.25) is 0 Å². The lowest BCUT2D eigenvalue weighted by Crippen LogP contribution is -2.38. The van der Waals surface area contributed by atoms with E-state index in [0.717, 1.165) is 29.7 Å². The predicted molar refractivity (Wildman–Crippen MR) is 98.1 cm³/mol. The zero-order valence-electron chi connectivity index (χ0n) is 14.3. The molecule has 2 aromatic heterocycles. The molecule has 1 saturated carbocycles. The third-order valence-electron chi connectivity index (χ3n) is 4.71. The second-order valence-corrected chi connectivity index (χ2v) is 6.63. The molecule has 0 saturated heterocycles. The van der Waals surface area contributed by atoms with Crippen molar-refractivity contribution in [3.63, 3.8) is 0 Å². The Bertz CT molecular complexity index is 919. The van der Waals surface area contributed by atoms with Crippen LogP contribution in [0.4, 0.5) is 10.2 Å². The SMILES string of the molecule is C=C(COCC1CC(Nc2ncnc3[nH]ncc23)C1)c1ccccc1F. The first-order valence-corrected chi connectivity index (χ1v) is 8.61. The zero-order chi connectivity index (χ0) is 17.9. The smallest absolute Gasteiger partial charge is 0.160 e. The number of aromatic amines is 1. The van der Waals surface area contributed by atoms with Crippen molar-refractivity contribution >= 4 is 22.4 Å². The molecular formula is C19H20FN5O. The highest BCUT2D eigenvalue weighted by atomic mass is 19.1. The van der Waals surface area contributed by atoms with E-state index in [1.54, 1.807) is 24.4 Å². The number of hydrogen-bond acceptors (Lipinski definition) is 5. The summed E-state index contributed by atoms with van der Waals surface area (Å²) in [5, 5.41) is 11.2. The summed E-state index contributed by atoms with van der Waals surface area (Å²) < 4.78 is 19.4. The standard InChI is InChI=1S/C19H20FN5O/c1-12(15-4-2-3-5-17(15)20)9-26-10-13-6-14(7-13)24-18-16-8-23-25-19(16)22-11-21-18/h2-5,8,11,13-14H,1,6-7,9-10H2,(H2,21,22,23,24,25). The van der Waals surface area contributed by atoms with Crippen molar-refractivity contribution < 1.29 is 9.13 Å². The molecule has 134 valence electrons. The molecule has 6 nitrogen and oxygen atoms in total. The van der Waals surface area contributed by atoms with Crippen LogP contribution in [-0.4, -0.2) is 39.4 Å². The van der Waals surface area contributed by atoms with Crippen LogP contribution in [0.25, 0.3) is 16.6 Å². The summed E-state index contributed by atoms with van der Waals surface area (Å²) in [5.41, 5.74) is 1.92. The average molecular weight is 353 g/mol. The molecule has 0 bridgehead atoms. The van der Waals surface area contributed by atoms with Crippen molar-refractivity contribution in [3.8, 4) is 0 Å². The minimum atomic E-state index is -0.260. The second kappa shape index (κ2) is 7.21. The Hall–Kier alpha value is -2.80. The third-order valence-corrected chi connectivity index (χ3v) is 4.71. The van der Waals surface area contributed by atoms with E-state index in [2.05, 4.69) is 32.1 Å². The zero-order valence-corrected chi connectivity index (χ0v) is 14.3. The number of rotatable bonds is 7. The molecule has 0 aliphatic heterocycles. The Morgan fingerprint density at radius 2 is 2.15 bits per heavy atom. The molecule has 1 aliphatic carbocycles. The van der Waals surface area contributed by atoms with E-state index < -0.39 is 0 Å². The average Bonchev–Trinajstić information content (AvgIpc) is 3.09. The van der Waals surface area contributed by atoms with Crippen LogP contribution in [0.15, 0.2) is 43.4 Å². The van der Waals surface area contributed by atoms with E-state index in [-0.39, 0.29) is 5.82 Å². The molecule has 7 heteroatoms. The van der Waals surface area contributed by atoms with Gasteiger partial charge in [-0.3, -0.25) is 5.10 Å². The lowest BCUT2D eigenvalue weighted by molar-refractivity contribution is 0.0853. The summed E-state index contributed by atoms with van der Waals surface area (Å²) in [5.74, 6) is 1.04. The van der Waals surface area contributed by atoms with E-state index >= 15 is 0 Å². The van der Waals surface area contributed by atoms with Crippen LogP contribution in [0.5, 0.6) is 0 Å². The number of fused-ring (bicyclic) bond motifs is 1. The molecule has 3 aromatic rings. The van der Waals surface area contributed by atoms with Gasteiger partial charge in [-0.15, -0.1) is 0 Å². The van der Waals surface area contributed by atoms with Crippen molar-refractivity contribution in [2.45, 2.75) is 18.9 Å². The van der Waals surface area contributed by atoms with Crippen LogP contribution in [0.1, 0.15) is 18.4 Å². The van der Waals surface area contributed by atoms with Gasteiger partial charge in [0.05, 0.1) is 18.2 Å². The third kappa shape index (κ3) is 3.43. The minimum Gasteiger partial charge on any atom is -0.376 e. The molecule has 26 heavy (non-hydrogen) atoms. The minimum absolute atomic E-state index is 0.260. The maximum Gasteiger partial charge on any atom is 0.160 e. The molecule has 0 amide bonds. The first-order chi connectivity index (χ1) is 12.7. The summed E-state index contributed by atoms with van der Waals surface area (Å²) in [6, 6.07) is 7.00. The van der Waals surface area contributed by atoms with Gasteiger partial charge < -0.3 is 10.1 Å². The van der Waals surface area contributed by atoms with Gasteiger partial charge in [0.15, 0.2) is 5.65 Å². The van der Waals surface area contributed by atoms with Gasteiger partial charge in [0.2, 0.25) is 0 Å². The van der Waals surface area contributed by atoms with Crippen molar-refractivity contribution in [2.24, 2.45) is 5.92 Å². The molecular weight excluding hydrogens is 333 g/mol. The fraction of sp³-hybridized carbons (Fsp3) is 0.316. The number of H-pyrrole nitrogens is 1. The van der Waals surface area contributed by atoms with Gasteiger partial charge in [0.1, 0.15) is 18.0 Å². The van der Waals surface area contributed by atoms with Crippen molar-refractivity contribution in [1.82, 2.24) is 20.2 Å². The van der Waals surface area contributed by atoms with Gasteiger partial charge in [0.25, 0.3) is 0 Å². The van der Waals surface area contributed by atoms with Crippen LogP contribution >= 0.6 is 0 Å². The lowest BCUT2D eigenvalue weighted by atomic mass is 9.81. The summed E-state index contributed by atoms with van der Waals surface area (Å²) in [6.07, 6.45) is 5.27. The van der Waals surface area contributed by atoms with Crippen molar-refractivity contribution in [1.29, 1.82) is 0 Å². The van der Waals surface area contributed by atoms with Gasteiger partial charge in [-0.25, -0.2) is 14.4 Å². The number of nitrogens with one attached hydrogen (secondary N) is 2. The van der Waals surface area contributed by atoms with E-state index in [9.17, 15) is 4.39 Å². The number of ether oxygens (including phenoxy) is 1. The normalized spacial score (nSPS) is 19.3. The monoisotopic (exact) mass is 353 g/mol. The van der Waals surface area contributed by atoms with Crippen molar-refractivity contribution in [2.75, 3.05) is 18.5 Å². The van der Waals surface area contributed by atoms with Gasteiger partial charge in [-0.2, -0.15) is 5.10 Å². The molecule has 0 spiro atoms. The highest BCUT2D eigenvalue weighted by molar-refractivity contribution is 5.85. The largest absolute Gasteiger partial charge is 0.376 e. The summed E-state index contributed by atoms with van der Waals surface area (Å²) in [4.78, 5) is 8.42. The molecule has 1 fully saturated rings. The second-order valence-electron chi connectivity index (χ2n) is 6.63. The number of halogens is 1. The fourth-order valence-electron chi connectivity index (χ4n) is 3.24. The molecule has 0 radical (unpaired) electrons. The number of nitrogens with zero attached hydrogens (tertiary/aromatic N) is 3. The lowest BCUT2D eigenvalue weighted by Gasteiger charge is -2.36. The first kappa shape index (κ1) is 16.7. The Morgan fingerprint density at radius 1 is 1.31 bits per heavy atom. The molecule has 1 aromatic carbocycles. The van der Waals surface area contributed by atoms with E-state index in [0.29, 0.717) is 36.3 Å². The molecule has 0 unspecified atom stereocenters. The quantitative estimate of drug-likeness (QED) is 0.681. The molecule has 2 N–H and O–H groups in total. The number of benzene rings is 1. The summed E-state index contributed by atoms with van der Waals surface area (Å²) in [6.45, 7) is 4.91. The van der Waals surface area contributed by atoms with Crippen LogP contribution in [0, 0.1) is 11.7 Å². The topological polar surface area (TPSA) is 75.7 Å². The van der Waals surface area contributed by atoms with Gasteiger partial charge >= 0.3 is 0 Å². The Morgan fingerprint density at radius 3 is 3.00 bits per heavy atom. The predicted octanol–water partition coefficient (Wildman–Crippen LogP) is 3.41. The Labute approximate surface area is 150 Å². The summed E-state index contributed by atoms with van der Waals surface area (Å²) in [7, 11) is 0. The van der Waals surface area contributed by atoms with Crippen LogP contribution in [-0.2, 0) is 4.74 Å². The fourth-order valence-corrected chi connectivity index (χ4v) is 3.24.